The van der Waals surface area contributed by atoms with Gasteiger partial charge in [-0.15, -0.1) is 0 Å². The van der Waals surface area contributed by atoms with Gasteiger partial charge >= 0.3 is 0 Å². The zero-order valence-corrected chi connectivity index (χ0v) is 35.5. The molecule has 0 bridgehead atoms. The summed E-state index contributed by atoms with van der Waals surface area (Å²) in [5.74, 6) is -0.278. The molecule has 0 rings (SSSR count). The van der Waals surface area contributed by atoms with Crippen LogP contribution in [0.4, 0.5) is 0 Å². The zero-order chi connectivity index (χ0) is 38.0. The van der Waals surface area contributed by atoms with Gasteiger partial charge in [0.1, 0.15) is 0 Å². The molecule has 0 saturated carbocycles. The number of carbonyl (C=O) groups is 1. The molecular formula is C47H95NO4. The maximum atomic E-state index is 12.5. The van der Waals surface area contributed by atoms with Crippen molar-refractivity contribution in [2.24, 2.45) is 0 Å². The average Bonchev–Trinajstić information content (AvgIpc) is 3.14. The molecule has 0 aromatic carbocycles. The Bertz CT molecular complexity index is 688. The molecule has 0 aliphatic heterocycles. The van der Waals surface area contributed by atoms with Gasteiger partial charge < -0.3 is 20.6 Å². The van der Waals surface area contributed by atoms with Crippen molar-refractivity contribution in [3.63, 3.8) is 0 Å². The quantitative estimate of drug-likeness (QED) is 0.0469. The van der Waals surface area contributed by atoms with Gasteiger partial charge in [0, 0.05) is 0 Å². The Morgan fingerprint density at radius 3 is 0.923 bits per heavy atom. The van der Waals surface area contributed by atoms with Crippen LogP contribution in [-0.4, -0.2) is 46.1 Å². The van der Waals surface area contributed by atoms with E-state index in [1.54, 1.807) is 0 Å². The number of unbranched alkanes of at least 4 members (excludes halogenated alkanes) is 35. The summed E-state index contributed by atoms with van der Waals surface area (Å²) in [6.45, 7) is 4.28. The fourth-order valence-electron chi connectivity index (χ4n) is 7.76. The number of rotatable bonds is 44. The molecular weight excluding hydrogens is 643 g/mol. The average molecular weight is 738 g/mol. The fourth-order valence-corrected chi connectivity index (χ4v) is 7.76. The molecule has 5 heteroatoms. The normalized spacial score (nSPS) is 13.4. The van der Waals surface area contributed by atoms with Gasteiger partial charge in [-0.3, -0.25) is 4.79 Å². The predicted molar refractivity (Wildman–Crippen MR) is 227 cm³/mol. The lowest BCUT2D eigenvalue weighted by molar-refractivity contribution is -0.125. The van der Waals surface area contributed by atoms with Crippen molar-refractivity contribution < 1.29 is 20.1 Å². The molecule has 0 aromatic rings. The maximum Gasteiger partial charge on any atom is 0.222 e. The Kier molecular flexibility index (Phi) is 42.5. The summed E-state index contributed by atoms with van der Waals surface area (Å²) in [4.78, 5) is 12.5. The van der Waals surface area contributed by atoms with Gasteiger partial charge in [-0.2, -0.15) is 0 Å². The van der Waals surface area contributed by atoms with E-state index < -0.39 is 18.2 Å². The SMILES string of the molecule is CCCCCCCCCCCCCCCCCCCCCCCCCCCC(O)CC(=O)NC(CO)C(O)CCCCCCCCCCCCCC. The standard InChI is InChI=1S/C47H95NO4/c1-3-5-7-9-11-13-15-17-18-19-20-21-22-23-24-25-26-27-28-29-30-32-34-36-38-40-44(50)42-47(52)48-45(43-49)46(51)41-39-37-35-33-31-16-14-12-10-8-6-4-2/h44-46,49-51H,3-43H2,1-2H3,(H,48,52). The van der Waals surface area contributed by atoms with E-state index in [9.17, 15) is 20.1 Å². The molecule has 0 heterocycles. The second-order valence-corrected chi connectivity index (χ2v) is 16.7. The lowest BCUT2D eigenvalue weighted by Crippen LogP contribution is -2.46. The van der Waals surface area contributed by atoms with Crippen LogP contribution in [0.2, 0.25) is 0 Å². The molecule has 0 aliphatic rings. The van der Waals surface area contributed by atoms with Gasteiger partial charge in [0.15, 0.2) is 0 Å². The molecule has 3 atom stereocenters. The highest BCUT2D eigenvalue weighted by Crippen LogP contribution is 2.17. The van der Waals surface area contributed by atoms with Crippen molar-refractivity contribution in [1.82, 2.24) is 5.32 Å². The predicted octanol–water partition coefficient (Wildman–Crippen LogP) is 13.8. The molecule has 3 unspecified atom stereocenters. The van der Waals surface area contributed by atoms with Crippen LogP contribution < -0.4 is 5.32 Å². The van der Waals surface area contributed by atoms with Gasteiger partial charge in [0.05, 0.1) is 31.3 Å². The lowest BCUT2D eigenvalue weighted by Gasteiger charge is -2.23. The second kappa shape index (κ2) is 43.1. The van der Waals surface area contributed by atoms with Gasteiger partial charge in [0.25, 0.3) is 0 Å². The molecule has 0 saturated heterocycles. The Hall–Kier alpha value is -0.650. The molecule has 1 amide bonds. The molecule has 0 radical (unpaired) electrons. The molecule has 0 aliphatic carbocycles. The van der Waals surface area contributed by atoms with E-state index in [2.05, 4.69) is 19.2 Å². The van der Waals surface area contributed by atoms with E-state index in [-0.39, 0.29) is 18.9 Å². The van der Waals surface area contributed by atoms with Gasteiger partial charge in [-0.25, -0.2) is 0 Å². The lowest BCUT2D eigenvalue weighted by atomic mass is 10.0. The molecule has 4 N–H and O–H groups in total. The summed E-state index contributed by atoms with van der Waals surface area (Å²) in [6.07, 6.45) is 49.5. The third kappa shape index (κ3) is 39.1. The number of hydrogen-bond acceptors (Lipinski definition) is 4. The van der Waals surface area contributed by atoms with Crippen LogP contribution in [-0.2, 0) is 4.79 Å². The molecule has 312 valence electrons. The van der Waals surface area contributed by atoms with Crippen molar-refractivity contribution in [2.75, 3.05) is 6.61 Å². The van der Waals surface area contributed by atoms with Crippen molar-refractivity contribution in [3.8, 4) is 0 Å². The Labute approximate surface area is 326 Å². The first-order valence-electron chi connectivity index (χ1n) is 23.8. The van der Waals surface area contributed by atoms with E-state index in [4.69, 9.17) is 0 Å². The molecule has 0 fully saturated rings. The number of amides is 1. The summed E-state index contributed by atoms with van der Waals surface area (Å²) in [5.41, 5.74) is 0. The number of aliphatic hydroxyl groups excluding tert-OH is 3. The Morgan fingerprint density at radius 1 is 0.404 bits per heavy atom. The van der Waals surface area contributed by atoms with Gasteiger partial charge in [0.2, 0.25) is 5.91 Å². The smallest absolute Gasteiger partial charge is 0.222 e. The van der Waals surface area contributed by atoms with Gasteiger partial charge in [-0.05, 0) is 12.8 Å². The Morgan fingerprint density at radius 2 is 0.654 bits per heavy atom. The van der Waals surface area contributed by atoms with E-state index in [1.165, 1.54) is 212 Å². The summed E-state index contributed by atoms with van der Waals surface area (Å²) >= 11 is 0. The summed E-state index contributed by atoms with van der Waals surface area (Å²) in [7, 11) is 0. The highest BCUT2D eigenvalue weighted by molar-refractivity contribution is 5.76. The van der Waals surface area contributed by atoms with Crippen LogP contribution in [0.25, 0.3) is 0 Å². The highest BCUT2D eigenvalue weighted by atomic mass is 16.3. The van der Waals surface area contributed by atoms with Crippen LogP contribution in [0.1, 0.15) is 271 Å². The largest absolute Gasteiger partial charge is 0.394 e. The zero-order valence-electron chi connectivity index (χ0n) is 35.5. The monoisotopic (exact) mass is 738 g/mol. The molecule has 52 heavy (non-hydrogen) atoms. The minimum Gasteiger partial charge on any atom is -0.394 e. The van der Waals surface area contributed by atoms with Crippen LogP contribution in [0, 0.1) is 0 Å². The minimum absolute atomic E-state index is 0.0429. The van der Waals surface area contributed by atoms with Crippen LogP contribution >= 0.6 is 0 Å². The molecule has 0 aromatic heterocycles. The summed E-state index contributed by atoms with van der Waals surface area (Å²) in [6, 6.07) is -0.652. The summed E-state index contributed by atoms with van der Waals surface area (Å²) < 4.78 is 0. The topological polar surface area (TPSA) is 89.8 Å². The number of aliphatic hydroxyl groups is 3. The first-order valence-corrected chi connectivity index (χ1v) is 23.8. The second-order valence-electron chi connectivity index (χ2n) is 16.7. The third-order valence-corrected chi connectivity index (χ3v) is 11.4. The van der Waals surface area contributed by atoms with Crippen LogP contribution in [0.3, 0.4) is 0 Å². The van der Waals surface area contributed by atoms with Crippen LogP contribution in [0.5, 0.6) is 0 Å². The summed E-state index contributed by atoms with van der Waals surface area (Å²) in [5, 5.41) is 33.4. The number of hydrogen-bond donors (Lipinski definition) is 4. The fraction of sp³-hybridized carbons (Fsp3) is 0.979. The Balaban J connectivity index is 3.49. The van der Waals surface area contributed by atoms with E-state index in [0.29, 0.717) is 12.8 Å². The first kappa shape index (κ1) is 51.4. The first-order chi connectivity index (χ1) is 25.5. The maximum absolute atomic E-state index is 12.5. The van der Waals surface area contributed by atoms with E-state index >= 15 is 0 Å². The molecule has 5 nitrogen and oxygen atoms in total. The van der Waals surface area contributed by atoms with E-state index in [0.717, 1.165) is 25.7 Å². The van der Waals surface area contributed by atoms with Crippen molar-refractivity contribution in [1.29, 1.82) is 0 Å². The van der Waals surface area contributed by atoms with Crippen molar-refractivity contribution in [3.05, 3.63) is 0 Å². The third-order valence-electron chi connectivity index (χ3n) is 11.4. The minimum atomic E-state index is -0.743. The highest BCUT2D eigenvalue weighted by Gasteiger charge is 2.21. The van der Waals surface area contributed by atoms with Crippen LogP contribution in [0.15, 0.2) is 0 Å². The number of nitrogens with one attached hydrogen (secondary N) is 1. The van der Waals surface area contributed by atoms with Crippen molar-refractivity contribution >= 4 is 5.91 Å². The number of carbonyl (C=O) groups excluding carboxylic acids is 1. The van der Waals surface area contributed by atoms with Gasteiger partial charge in [-0.1, -0.05) is 251 Å². The van der Waals surface area contributed by atoms with Crippen molar-refractivity contribution in [2.45, 2.75) is 289 Å². The molecule has 0 spiro atoms. The van der Waals surface area contributed by atoms with E-state index in [1.807, 2.05) is 0 Å².